The quantitative estimate of drug-likeness (QED) is 0.694. The molecule has 0 radical (unpaired) electrons. The van der Waals surface area contributed by atoms with Crippen LogP contribution in [0, 0.1) is 0 Å². The summed E-state index contributed by atoms with van der Waals surface area (Å²) in [5, 5.41) is 0. The second-order valence-electron chi connectivity index (χ2n) is 6.94. The average Bonchev–Trinajstić information content (AvgIpc) is 2.71. The van der Waals surface area contributed by atoms with Gasteiger partial charge in [-0.25, -0.2) is 8.42 Å². The molecule has 2 aromatic rings. The lowest BCUT2D eigenvalue weighted by molar-refractivity contribution is -0.902. The molecular weight excluding hydrogens is 364 g/mol. The summed E-state index contributed by atoms with van der Waals surface area (Å²) in [5.74, 6) is -0.510. The van der Waals surface area contributed by atoms with Crippen LogP contribution in [0.25, 0.3) is 0 Å². The highest BCUT2D eigenvalue weighted by atomic mass is 32.2. The van der Waals surface area contributed by atoms with Crippen LogP contribution in [-0.2, 0) is 9.84 Å². The predicted octanol–water partition coefficient (Wildman–Crippen LogP) is 0.424. The van der Waals surface area contributed by atoms with E-state index in [0.717, 1.165) is 19.6 Å². The molecule has 0 spiro atoms. The van der Waals surface area contributed by atoms with Crippen LogP contribution in [0.2, 0.25) is 0 Å². The fourth-order valence-electron chi connectivity index (χ4n) is 3.78. The minimum absolute atomic E-state index is 0.00672. The van der Waals surface area contributed by atoms with E-state index >= 15 is 0 Å². The summed E-state index contributed by atoms with van der Waals surface area (Å²) in [5.41, 5.74) is 0.623. The minimum atomic E-state index is -3.83. The largest absolute Gasteiger partial charge is 0.332 e. The molecule has 2 aliphatic heterocycles. The maximum absolute atomic E-state index is 13.0. The third-order valence-corrected chi connectivity index (χ3v) is 7.29. The molecule has 0 bridgehead atoms. The number of carbonyl (C=O) groups excluding carboxylic acids is 2. The Kier molecular flexibility index (Phi) is 4.36. The first-order chi connectivity index (χ1) is 12.9. The van der Waals surface area contributed by atoms with Crippen LogP contribution < -0.4 is 4.90 Å². The van der Waals surface area contributed by atoms with Gasteiger partial charge in [0.1, 0.15) is 0 Å². The lowest BCUT2D eigenvalue weighted by Crippen LogP contribution is -3.14. The molecule has 0 aromatic heterocycles. The predicted molar refractivity (Wildman–Crippen MR) is 98.9 cm³/mol. The number of nitrogens with one attached hydrogen (secondary N) is 1. The van der Waals surface area contributed by atoms with Crippen LogP contribution in [0.15, 0.2) is 52.3 Å². The first-order valence-corrected chi connectivity index (χ1v) is 10.6. The molecule has 1 N–H and O–H groups in total. The van der Waals surface area contributed by atoms with E-state index in [0.29, 0.717) is 18.7 Å². The van der Waals surface area contributed by atoms with E-state index in [1.165, 1.54) is 29.2 Å². The van der Waals surface area contributed by atoms with Crippen LogP contribution in [0.1, 0.15) is 33.2 Å². The van der Waals surface area contributed by atoms with Gasteiger partial charge in [0.2, 0.25) is 9.84 Å². The number of benzene rings is 2. The average molecular weight is 385 g/mol. The zero-order valence-corrected chi connectivity index (χ0v) is 15.9. The molecule has 4 rings (SSSR count). The monoisotopic (exact) mass is 385 g/mol. The van der Waals surface area contributed by atoms with Gasteiger partial charge in [-0.2, -0.15) is 0 Å². The second kappa shape index (κ2) is 6.58. The van der Waals surface area contributed by atoms with Crippen molar-refractivity contribution >= 4 is 21.5 Å². The van der Waals surface area contributed by atoms with Gasteiger partial charge in [-0.3, -0.25) is 9.59 Å². The molecule has 2 heterocycles. The van der Waals surface area contributed by atoms with Gasteiger partial charge >= 0.3 is 0 Å². The highest BCUT2D eigenvalue weighted by Gasteiger charge is 2.35. The topological polar surface area (TPSA) is 76.0 Å². The Bertz CT molecular complexity index is 1040. The van der Waals surface area contributed by atoms with E-state index in [1.54, 1.807) is 23.1 Å². The molecule has 1 amide bonds. The van der Waals surface area contributed by atoms with E-state index < -0.39 is 9.84 Å². The molecular formula is C20H21N2O4S+. The summed E-state index contributed by atoms with van der Waals surface area (Å²) in [6.07, 6.45) is 0. The fraction of sp³-hybridized carbons (Fsp3) is 0.300. The zero-order chi connectivity index (χ0) is 19.2. The van der Waals surface area contributed by atoms with Gasteiger partial charge in [0, 0.05) is 16.7 Å². The van der Waals surface area contributed by atoms with E-state index in [1.807, 2.05) is 0 Å². The van der Waals surface area contributed by atoms with Crippen LogP contribution in [-0.4, -0.2) is 57.7 Å². The van der Waals surface area contributed by atoms with Crippen molar-refractivity contribution < 1.29 is 22.9 Å². The number of rotatable bonds is 2. The first kappa shape index (κ1) is 17.9. The number of fused-ring (bicyclic) bond motifs is 2. The molecule has 1 fully saturated rings. The number of likely N-dealkylation sites (N-methyl/N-ethyl adjacent to an activating group) is 1. The molecule has 0 atom stereocenters. The summed E-state index contributed by atoms with van der Waals surface area (Å²) >= 11 is 0. The Hall–Kier alpha value is -2.51. The van der Waals surface area contributed by atoms with Gasteiger partial charge < -0.3 is 9.80 Å². The SMILES string of the molecule is CC[NH+]1CCN(C(=O)c2ccc3c(c2)S(=O)(=O)c2ccccc2C3=O)CC1. The Balaban J connectivity index is 1.71. The van der Waals surface area contributed by atoms with Crippen molar-refractivity contribution in [3.8, 4) is 0 Å². The normalized spacial score (nSPS) is 18.7. The summed E-state index contributed by atoms with van der Waals surface area (Å²) in [6.45, 7) is 6.21. The van der Waals surface area contributed by atoms with Crippen LogP contribution in [0.3, 0.4) is 0 Å². The molecule has 0 saturated carbocycles. The van der Waals surface area contributed by atoms with Crippen molar-refractivity contribution in [1.29, 1.82) is 0 Å². The third-order valence-electron chi connectivity index (χ3n) is 5.44. The Morgan fingerprint density at radius 3 is 2.41 bits per heavy atom. The van der Waals surface area contributed by atoms with Crippen molar-refractivity contribution in [1.82, 2.24) is 4.90 Å². The lowest BCUT2D eigenvalue weighted by Gasteiger charge is -2.31. The van der Waals surface area contributed by atoms with Crippen molar-refractivity contribution in [3.63, 3.8) is 0 Å². The van der Waals surface area contributed by atoms with Crippen molar-refractivity contribution in [2.24, 2.45) is 0 Å². The summed E-state index contributed by atoms with van der Waals surface area (Å²) in [4.78, 5) is 28.7. The van der Waals surface area contributed by atoms with Crippen molar-refractivity contribution in [2.45, 2.75) is 16.7 Å². The Labute approximate surface area is 158 Å². The van der Waals surface area contributed by atoms with Crippen molar-refractivity contribution in [3.05, 3.63) is 59.2 Å². The summed E-state index contributed by atoms with van der Waals surface area (Å²) in [6, 6.07) is 10.6. The molecule has 7 heteroatoms. The number of ketones is 1. The van der Waals surface area contributed by atoms with Gasteiger partial charge in [-0.05, 0) is 37.3 Å². The van der Waals surface area contributed by atoms with Crippen LogP contribution >= 0.6 is 0 Å². The number of amides is 1. The number of quaternary nitrogens is 1. The smallest absolute Gasteiger partial charge is 0.254 e. The fourth-order valence-corrected chi connectivity index (χ4v) is 5.46. The minimum Gasteiger partial charge on any atom is -0.332 e. The standard InChI is InChI=1S/C20H20N2O4S/c1-2-21-9-11-22(12-10-21)20(24)14-7-8-16-18(13-14)27(25,26)17-6-4-3-5-15(17)19(16)23/h3-8,13H,2,9-12H2,1H3/p+1. The highest BCUT2D eigenvalue weighted by molar-refractivity contribution is 7.91. The number of piperazine rings is 1. The lowest BCUT2D eigenvalue weighted by atomic mass is 10.0. The number of carbonyl (C=O) groups is 2. The maximum atomic E-state index is 13.0. The van der Waals surface area contributed by atoms with E-state index in [4.69, 9.17) is 0 Å². The maximum Gasteiger partial charge on any atom is 0.254 e. The summed E-state index contributed by atoms with van der Waals surface area (Å²) < 4.78 is 26.0. The van der Waals surface area contributed by atoms with E-state index in [9.17, 15) is 18.0 Å². The third kappa shape index (κ3) is 2.87. The molecule has 6 nitrogen and oxygen atoms in total. The zero-order valence-electron chi connectivity index (χ0n) is 15.1. The van der Waals surface area contributed by atoms with Crippen LogP contribution in [0.4, 0.5) is 0 Å². The van der Waals surface area contributed by atoms with Gasteiger partial charge in [-0.1, -0.05) is 12.1 Å². The van der Waals surface area contributed by atoms with E-state index in [2.05, 4.69) is 6.92 Å². The Morgan fingerprint density at radius 2 is 1.70 bits per heavy atom. The Morgan fingerprint density at radius 1 is 1.04 bits per heavy atom. The molecule has 2 aromatic carbocycles. The van der Waals surface area contributed by atoms with Gasteiger partial charge in [-0.15, -0.1) is 0 Å². The summed E-state index contributed by atoms with van der Waals surface area (Å²) in [7, 11) is -3.83. The number of hydrogen-bond donors (Lipinski definition) is 1. The molecule has 27 heavy (non-hydrogen) atoms. The molecule has 140 valence electrons. The molecule has 1 saturated heterocycles. The van der Waals surface area contributed by atoms with Crippen molar-refractivity contribution in [2.75, 3.05) is 32.7 Å². The van der Waals surface area contributed by atoms with Crippen LogP contribution in [0.5, 0.6) is 0 Å². The number of sulfone groups is 1. The molecule has 0 aliphatic carbocycles. The second-order valence-corrected chi connectivity index (χ2v) is 8.82. The molecule has 0 unspecified atom stereocenters. The highest BCUT2D eigenvalue weighted by Crippen LogP contribution is 2.34. The van der Waals surface area contributed by atoms with E-state index in [-0.39, 0.29) is 32.6 Å². The van der Waals surface area contributed by atoms with Gasteiger partial charge in [0.25, 0.3) is 5.91 Å². The van der Waals surface area contributed by atoms with Gasteiger partial charge in [0.05, 0.1) is 42.5 Å². The number of nitrogens with zero attached hydrogens (tertiary/aromatic N) is 1. The van der Waals surface area contributed by atoms with Gasteiger partial charge in [0.15, 0.2) is 5.78 Å². The first-order valence-electron chi connectivity index (χ1n) is 9.09. The number of hydrogen-bond acceptors (Lipinski definition) is 4. The molecule has 2 aliphatic rings.